The van der Waals surface area contributed by atoms with E-state index in [0.717, 1.165) is 0 Å². The summed E-state index contributed by atoms with van der Waals surface area (Å²) < 4.78 is 6.34. The van der Waals surface area contributed by atoms with Gasteiger partial charge in [-0.3, -0.25) is 0 Å². The van der Waals surface area contributed by atoms with E-state index in [1.807, 2.05) is 0 Å². The van der Waals surface area contributed by atoms with Crippen LogP contribution < -0.4 is 0 Å². The zero-order valence-electron chi connectivity index (χ0n) is 9.45. The van der Waals surface area contributed by atoms with E-state index < -0.39 is 0 Å². The minimum atomic E-state index is -0.0937. The summed E-state index contributed by atoms with van der Waals surface area (Å²) in [4.78, 5) is 0. The molecule has 0 saturated carbocycles. The van der Waals surface area contributed by atoms with E-state index in [1.54, 1.807) is 0 Å². The second-order valence-corrected chi connectivity index (χ2v) is 6.49. The van der Waals surface area contributed by atoms with Crippen molar-refractivity contribution < 1.29 is 0 Å². The Labute approximate surface area is 89.6 Å². The molecule has 0 fully saturated rings. The fourth-order valence-corrected chi connectivity index (χ4v) is 2.18. The molecule has 0 N–H and O–H groups in total. The van der Waals surface area contributed by atoms with Crippen LogP contribution in [-0.4, -0.2) is 15.8 Å². The van der Waals surface area contributed by atoms with Crippen LogP contribution in [0, 0.1) is 32.1 Å². The zero-order valence-corrected chi connectivity index (χ0v) is 11.3. The standard InChI is InChI=1S/C12H18As/c1-11(2,3)7-9-13-10-8-12(4,5)6/h1-6H3. The van der Waals surface area contributed by atoms with Gasteiger partial charge >= 0.3 is 89.4 Å². The Morgan fingerprint density at radius 2 is 1.00 bits per heavy atom. The van der Waals surface area contributed by atoms with Crippen LogP contribution in [0.15, 0.2) is 0 Å². The van der Waals surface area contributed by atoms with E-state index in [0.29, 0.717) is 0 Å². The minimum absolute atomic E-state index is 0.0937. The van der Waals surface area contributed by atoms with Gasteiger partial charge in [-0.15, -0.1) is 0 Å². The van der Waals surface area contributed by atoms with Crippen molar-refractivity contribution in [1.29, 1.82) is 0 Å². The van der Waals surface area contributed by atoms with Crippen molar-refractivity contribution in [3.05, 3.63) is 0 Å². The Morgan fingerprint density at radius 1 is 0.692 bits per heavy atom. The van der Waals surface area contributed by atoms with Gasteiger partial charge in [0.2, 0.25) is 0 Å². The summed E-state index contributed by atoms with van der Waals surface area (Å²) in [7, 11) is 0. The predicted molar refractivity (Wildman–Crippen MR) is 60.2 cm³/mol. The zero-order chi connectivity index (χ0) is 10.5. The quantitative estimate of drug-likeness (QED) is 0.449. The van der Waals surface area contributed by atoms with Gasteiger partial charge in [0, 0.05) is 0 Å². The van der Waals surface area contributed by atoms with Crippen molar-refractivity contribution in [2.75, 3.05) is 0 Å². The first-order chi connectivity index (χ1) is 5.71. The molecule has 0 unspecified atom stereocenters. The molecule has 0 nitrogen and oxygen atoms in total. The molecule has 0 aliphatic carbocycles. The van der Waals surface area contributed by atoms with Crippen LogP contribution in [0.4, 0.5) is 0 Å². The summed E-state index contributed by atoms with van der Waals surface area (Å²) in [6.45, 7) is 12.7. The van der Waals surface area contributed by atoms with Gasteiger partial charge in [0.15, 0.2) is 0 Å². The molecule has 0 aromatic heterocycles. The molecule has 1 heteroatoms. The van der Waals surface area contributed by atoms with Gasteiger partial charge in [-0.1, -0.05) is 0 Å². The molecule has 0 heterocycles. The number of hydrogen-bond acceptors (Lipinski definition) is 0. The Balaban J connectivity index is 4.03. The number of hydrogen-bond donors (Lipinski definition) is 0. The summed E-state index contributed by atoms with van der Waals surface area (Å²) in [6, 6.07) is 0. The fourth-order valence-electron chi connectivity index (χ4n) is 0.419. The van der Waals surface area contributed by atoms with Crippen LogP contribution in [-0.2, 0) is 0 Å². The van der Waals surface area contributed by atoms with Crippen molar-refractivity contribution in [2.45, 2.75) is 41.5 Å². The van der Waals surface area contributed by atoms with Crippen LogP contribution in [0.25, 0.3) is 0 Å². The third kappa shape index (κ3) is 11.7. The van der Waals surface area contributed by atoms with E-state index in [-0.39, 0.29) is 26.6 Å². The van der Waals surface area contributed by atoms with Crippen LogP contribution in [0.1, 0.15) is 41.5 Å². The van der Waals surface area contributed by atoms with Crippen molar-refractivity contribution in [1.82, 2.24) is 0 Å². The first-order valence-corrected chi connectivity index (χ1v) is 6.32. The van der Waals surface area contributed by atoms with Crippen LogP contribution in [0.2, 0.25) is 0 Å². The molecule has 71 valence electrons. The number of rotatable bonds is 0. The molecule has 0 bridgehead atoms. The summed E-state index contributed by atoms with van der Waals surface area (Å²) >= 11 is -0.0937. The molecule has 1 radical (unpaired) electrons. The average molecular weight is 237 g/mol. The van der Waals surface area contributed by atoms with E-state index in [4.69, 9.17) is 0 Å². The van der Waals surface area contributed by atoms with Crippen molar-refractivity contribution in [3.63, 3.8) is 0 Å². The Hall–Kier alpha value is -0.322. The summed E-state index contributed by atoms with van der Waals surface area (Å²) in [5.74, 6) is 6.39. The van der Waals surface area contributed by atoms with Crippen molar-refractivity contribution >= 4 is 15.8 Å². The van der Waals surface area contributed by atoms with Crippen LogP contribution in [0.5, 0.6) is 0 Å². The molecular formula is C12H18As. The van der Waals surface area contributed by atoms with Gasteiger partial charge < -0.3 is 0 Å². The normalized spacial score (nSPS) is 10.9. The fraction of sp³-hybridized carbons (Fsp3) is 0.667. The third-order valence-electron chi connectivity index (χ3n) is 0.974. The first-order valence-electron chi connectivity index (χ1n) is 4.45. The molecular weight excluding hydrogens is 219 g/mol. The van der Waals surface area contributed by atoms with Gasteiger partial charge in [0.25, 0.3) is 0 Å². The first kappa shape index (κ1) is 12.7. The molecule has 0 aliphatic heterocycles. The van der Waals surface area contributed by atoms with E-state index in [1.165, 1.54) is 0 Å². The molecule has 0 aromatic carbocycles. The molecule has 0 spiro atoms. The SMILES string of the molecule is CC(C)(C)C#C[As]C#CC(C)(C)C. The van der Waals surface area contributed by atoms with Crippen LogP contribution in [0.3, 0.4) is 0 Å². The maximum absolute atomic E-state index is 3.20. The van der Waals surface area contributed by atoms with Gasteiger partial charge in [0.1, 0.15) is 0 Å². The monoisotopic (exact) mass is 237 g/mol. The second-order valence-electron chi connectivity index (χ2n) is 5.09. The van der Waals surface area contributed by atoms with Crippen molar-refractivity contribution in [3.8, 4) is 21.3 Å². The van der Waals surface area contributed by atoms with Gasteiger partial charge in [-0.2, -0.15) is 0 Å². The Bertz CT molecular complexity index is 235. The van der Waals surface area contributed by atoms with Gasteiger partial charge in [-0.25, -0.2) is 0 Å². The third-order valence-corrected chi connectivity index (χ3v) is 1.91. The second kappa shape index (κ2) is 4.79. The van der Waals surface area contributed by atoms with E-state index in [9.17, 15) is 0 Å². The summed E-state index contributed by atoms with van der Waals surface area (Å²) in [5.41, 5.74) is 0.248. The Morgan fingerprint density at radius 3 is 1.23 bits per heavy atom. The Kier molecular flexibility index (Phi) is 4.67. The van der Waals surface area contributed by atoms with E-state index in [2.05, 4.69) is 62.8 Å². The molecule has 0 amide bonds. The maximum atomic E-state index is 3.20. The van der Waals surface area contributed by atoms with Crippen molar-refractivity contribution in [2.24, 2.45) is 10.8 Å². The molecule has 13 heavy (non-hydrogen) atoms. The predicted octanol–water partition coefficient (Wildman–Crippen LogP) is 2.70. The van der Waals surface area contributed by atoms with E-state index >= 15 is 0 Å². The summed E-state index contributed by atoms with van der Waals surface area (Å²) in [6.07, 6.45) is 0. The topological polar surface area (TPSA) is 0 Å². The molecule has 0 saturated heterocycles. The average Bonchev–Trinajstić information content (AvgIpc) is 1.81. The molecule has 0 aliphatic rings. The molecule has 0 atom stereocenters. The van der Waals surface area contributed by atoms with Crippen LogP contribution >= 0.6 is 0 Å². The molecule has 0 aromatic rings. The van der Waals surface area contributed by atoms with Gasteiger partial charge in [-0.05, 0) is 0 Å². The molecule has 0 rings (SSSR count). The summed E-state index contributed by atoms with van der Waals surface area (Å²) in [5, 5.41) is 0. The van der Waals surface area contributed by atoms with Gasteiger partial charge in [0.05, 0.1) is 0 Å².